The van der Waals surface area contributed by atoms with E-state index >= 15 is 0 Å². The third-order valence-electron chi connectivity index (χ3n) is 2.91. The molecular formula is C14H13Br2FN2. The normalized spacial score (nSPS) is 12.4. The Balaban J connectivity index is 2.29. The monoisotopic (exact) mass is 386 g/mol. The quantitative estimate of drug-likeness (QED) is 0.612. The lowest BCUT2D eigenvalue weighted by atomic mass is 9.99. The van der Waals surface area contributed by atoms with Crippen LogP contribution in [0.2, 0.25) is 0 Å². The largest absolute Gasteiger partial charge is 0.271 e. The third kappa shape index (κ3) is 3.63. The van der Waals surface area contributed by atoms with Gasteiger partial charge in [0.1, 0.15) is 5.82 Å². The molecule has 0 spiro atoms. The molecule has 3 N–H and O–H groups in total. The Morgan fingerprint density at radius 1 is 1.16 bits per heavy atom. The third-order valence-corrected chi connectivity index (χ3v) is 4.13. The number of nitrogens with one attached hydrogen (secondary N) is 1. The summed E-state index contributed by atoms with van der Waals surface area (Å²) < 4.78 is 15.6. The van der Waals surface area contributed by atoms with Crippen molar-refractivity contribution >= 4 is 31.9 Å². The number of halogens is 3. The fraction of sp³-hybridized carbons (Fsp3) is 0.143. The van der Waals surface area contributed by atoms with Gasteiger partial charge in [0.15, 0.2) is 0 Å². The van der Waals surface area contributed by atoms with Gasteiger partial charge in [-0.25, -0.2) is 4.39 Å². The minimum absolute atomic E-state index is 0.153. The number of hydrazine groups is 1. The molecule has 0 aromatic heterocycles. The van der Waals surface area contributed by atoms with Gasteiger partial charge in [-0.15, -0.1) is 0 Å². The van der Waals surface area contributed by atoms with Crippen LogP contribution in [0, 0.1) is 5.82 Å². The SMILES string of the molecule is NNC(Cc1cc(Br)ccc1F)c1ccccc1Br. The van der Waals surface area contributed by atoms with Crippen molar-refractivity contribution in [2.24, 2.45) is 5.84 Å². The van der Waals surface area contributed by atoms with E-state index in [1.807, 2.05) is 24.3 Å². The number of benzene rings is 2. The highest BCUT2D eigenvalue weighted by molar-refractivity contribution is 9.10. The maximum absolute atomic E-state index is 13.8. The topological polar surface area (TPSA) is 38.0 Å². The zero-order valence-corrected chi connectivity index (χ0v) is 13.2. The molecule has 0 saturated carbocycles. The van der Waals surface area contributed by atoms with E-state index in [2.05, 4.69) is 37.3 Å². The summed E-state index contributed by atoms with van der Waals surface area (Å²) in [6, 6.07) is 12.5. The predicted molar refractivity (Wildman–Crippen MR) is 82.0 cm³/mol. The molecule has 2 aromatic carbocycles. The van der Waals surface area contributed by atoms with Gasteiger partial charge in [-0.1, -0.05) is 50.1 Å². The summed E-state index contributed by atoms with van der Waals surface area (Å²) in [6.07, 6.45) is 0.477. The molecule has 0 fully saturated rings. The van der Waals surface area contributed by atoms with Crippen LogP contribution in [0.25, 0.3) is 0 Å². The van der Waals surface area contributed by atoms with Crippen molar-refractivity contribution in [2.45, 2.75) is 12.5 Å². The van der Waals surface area contributed by atoms with Crippen molar-refractivity contribution < 1.29 is 4.39 Å². The minimum atomic E-state index is -0.226. The molecule has 19 heavy (non-hydrogen) atoms. The standard InChI is InChI=1S/C14H13Br2FN2/c15-10-5-6-13(17)9(7-10)8-14(19-18)11-3-1-2-4-12(11)16/h1-7,14,19H,8,18H2. The van der Waals surface area contributed by atoms with Gasteiger partial charge < -0.3 is 0 Å². The molecule has 5 heteroatoms. The lowest BCUT2D eigenvalue weighted by molar-refractivity contribution is 0.527. The Kier molecular flexibility index (Phi) is 5.10. The second kappa shape index (κ2) is 6.61. The van der Waals surface area contributed by atoms with E-state index in [4.69, 9.17) is 5.84 Å². The number of nitrogens with two attached hydrogens (primary N) is 1. The van der Waals surface area contributed by atoms with Crippen molar-refractivity contribution in [2.75, 3.05) is 0 Å². The van der Waals surface area contributed by atoms with E-state index in [1.54, 1.807) is 12.1 Å². The van der Waals surface area contributed by atoms with Crippen molar-refractivity contribution in [1.82, 2.24) is 5.43 Å². The highest BCUT2D eigenvalue weighted by Gasteiger charge is 2.15. The lowest BCUT2D eigenvalue weighted by Crippen LogP contribution is -2.30. The van der Waals surface area contributed by atoms with Gasteiger partial charge in [0.05, 0.1) is 6.04 Å². The maximum Gasteiger partial charge on any atom is 0.126 e. The Morgan fingerprint density at radius 2 is 1.89 bits per heavy atom. The Labute approximate surface area is 128 Å². The molecular weight excluding hydrogens is 375 g/mol. The minimum Gasteiger partial charge on any atom is -0.271 e. The van der Waals surface area contributed by atoms with Gasteiger partial charge in [-0.3, -0.25) is 11.3 Å². The molecule has 0 amide bonds. The van der Waals surface area contributed by atoms with Crippen LogP contribution in [-0.2, 0) is 6.42 Å². The summed E-state index contributed by atoms with van der Waals surface area (Å²) >= 11 is 6.84. The summed E-state index contributed by atoms with van der Waals surface area (Å²) in [5.74, 6) is 5.38. The van der Waals surface area contributed by atoms with E-state index < -0.39 is 0 Å². The summed E-state index contributed by atoms with van der Waals surface area (Å²) in [5.41, 5.74) is 4.37. The van der Waals surface area contributed by atoms with Crippen molar-refractivity contribution in [3.05, 3.63) is 68.4 Å². The molecule has 0 heterocycles. The van der Waals surface area contributed by atoms with E-state index in [0.717, 1.165) is 14.5 Å². The van der Waals surface area contributed by atoms with Gasteiger partial charge >= 0.3 is 0 Å². The summed E-state index contributed by atoms with van der Waals surface area (Å²) in [4.78, 5) is 0. The molecule has 0 saturated heterocycles. The first kappa shape index (κ1) is 14.7. The maximum atomic E-state index is 13.8. The summed E-state index contributed by atoms with van der Waals surface area (Å²) in [5, 5.41) is 0. The zero-order valence-electron chi connectivity index (χ0n) is 10.0. The Bertz CT molecular complexity index is 575. The molecule has 1 atom stereocenters. The fourth-order valence-corrected chi connectivity index (χ4v) is 2.91. The van der Waals surface area contributed by atoms with Crippen LogP contribution < -0.4 is 11.3 Å². The van der Waals surface area contributed by atoms with Crippen LogP contribution in [0.15, 0.2) is 51.4 Å². The molecule has 2 nitrogen and oxygen atoms in total. The molecule has 1 unspecified atom stereocenters. The van der Waals surface area contributed by atoms with Crippen LogP contribution >= 0.6 is 31.9 Å². The number of hydrogen-bond donors (Lipinski definition) is 2. The molecule has 0 aliphatic rings. The van der Waals surface area contributed by atoms with E-state index in [0.29, 0.717) is 12.0 Å². The average molecular weight is 388 g/mol. The smallest absolute Gasteiger partial charge is 0.126 e. The van der Waals surface area contributed by atoms with Crippen molar-refractivity contribution in [3.63, 3.8) is 0 Å². The van der Waals surface area contributed by atoms with Crippen molar-refractivity contribution in [3.8, 4) is 0 Å². The molecule has 0 aliphatic heterocycles. The predicted octanol–water partition coefficient (Wildman–Crippen LogP) is 4.10. The highest BCUT2D eigenvalue weighted by atomic mass is 79.9. The van der Waals surface area contributed by atoms with Gasteiger partial charge in [0, 0.05) is 8.95 Å². The zero-order chi connectivity index (χ0) is 13.8. The van der Waals surface area contributed by atoms with Crippen LogP contribution in [0.3, 0.4) is 0 Å². The first-order chi connectivity index (χ1) is 9.11. The van der Waals surface area contributed by atoms with Gasteiger partial charge in [0.2, 0.25) is 0 Å². The lowest BCUT2D eigenvalue weighted by Gasteiger charge is -2.18. The second-order valence-corrected chi connectivity index (χ2v) is 5.95. The molecule has 0 bridgehead atoms. The molecule has 0 radical (unpaired) electrons. The number of rotatable bonds is 4. The van der Waals surface area contributed by atoms with Gasteiger partial charge in [0.25, 0.3) is 0 Å². The van der Waals surface area contributed by atoms with E-state index in [1.165, 1.54) is 6.07 Å². The second-order valence-electron chi connectivity index (χ2n) is 4.18. The first-order valence-electron chi connectivity index (χ1n) is 5.76. The Morgan fingerprint density at radius 3 is 2.58 bits per heavy atom. The van der Waals surface area contributed by atoms with E-state index in [-0.39, 0.29) is 11.9 Å². The number of hydrogen-bond acceptors (Lipinski definition) is 2. The Hall–Kier alpha value is -0.750. The van der Waals surface area contributed by atoms with Gasteiger partial charge in [-0.05, 0) is 41.8 Å². The van der Waals surface area contributed by atoms with Crippen LogP contribution in [-0.4, -0.2) is 0 Å². The van der Waals surface area contributed by atoms with Crippen molar-refractivity contribution in [1.29, 1.82) is 0 Å². The summed E-state index contributed by atoms with van der Waals surface area (Å²) in [7, 11) is 0. The van der Waals surface area contributed by atoms with Gasteiger partial charge in [-0.2, -0.15) is 0 Å². The van der Waals surface area contributed by atoms with Crippen LogP contribution in [0.5, 0.6) is 0 Å². The highest BCUT2D eigenvalue weighted by Crippen LogP contribution is 2.27. The van der Waals surface area contributed by atoms with Crippen LogP contribution in [0.4, 0.5) is 4.39 Å². The first-order valence-corrected chi connectivity index (χ1v) is 7.35. The molecule has 100 valence electrons. The molecule has 0 aliphatic carbocycles. The molecule has 2 aromatic rings. The van der Waals surface area contributed by atoms with E-state index in [9.17, 15) is 4.39 Å². The summed E-state index contributed by atoms with van der Waals surface area (Å²) in [6.45, 7) is 0. The fourth-order valence-electron chi connectivity index (χ4n) is 1.94. The van der Waals surface area contributed by atoms with Crippen LogP contribution in [0.1, 0.15) is 17.2 Å². The molecule has 2 rings (SSSR count). The average Bonchev–Trinajstić information content (AvgIpc) is 2.41.